The maximum atomic E-state index is 5.58. The number of hydrogen-bond donors (Lipinski definition) is 1. The molecular weight excluding hydrogens is 196 g/mol. The van der Waals surface area contributed by atoms with Crippen molar-refractivity contribution in [2.75, 3.05) is 0 Å². The average Bonchev–Trinajstić information content (AvgIpc) is 2.29. The van der Waals surface area contributed by atoms with Crippen LogP contribution in [0.1, 0.15) is 12.5 Å². The largest absolute Gasteiger partial charge is 0.318 e. The Bertz CT molecular complexity index is 542. The number of nitrogens with zero attached hydrogens (tertiary/aromatic N) is 1. The van der Waals surface area contributed by atoms with Crippen molar-refractivity contribution in [3.05, 3.63) is 42.1 Å². The van der Waals surface area contributed by atoms with E-state index in [4.69, 9.17) is 5.73 Å². The van der Waals surface area contributed by atoms with Gasteiger partial charge in [0.2, 0.25) is 0 Å². The Labute approximate surface area is 95.5 Å². The first kappa shape index (κ1) is 10.7. The molecule has 2 heteroatoms. The first-order valence-corrected chi connectivity index (χ1v) is 5.34. The van der Waals surface area contributed by atoms with Crippen molar-refractivity contribution in [3.8, 4) is 11.8 Å². The van der Waals surface area contributed by atoms with Crippen molar-refractivity contribution >= 4 is 10.9 Å². The molecule has 1 aromatic carbocycles. The van der Waals surface area contributed by atoms with E-state index in [1.165, 1.54) is 10.9 Å². The van der Waals surface area contributed by atoms with E-state index in [2.05, 4.69) is 22.9 Å². The number of aromatic nitrogens is 1. The molecule has 0 aliphatic carbocycles. The number of para-hydroxylation sites is 1. The van der Waals surface area contributed by atoms with Crippen LogP contribution in [0.25, 0.3) is 10.9 Å². The van der Waals surface area contributed by atoms with Gasteiger partial charge in [0, 0.05) is 18.0 Å². The molecule has 2 nitrogen and oxygen atoms in total. The van der Waals surface area contributed by atoms with E-state index in [0.717, 1.165) is 11.9 Å². The lowest BCUT2D eigenvalue weighted by Gasteiger charge is -2.01. The Morgan fingerprint density at radius 3 is 2.94 bits per heavy atom. The van der Waals surface area contributed by atoms with Gasteiger partial charge in [-0.1, -0.05) is 30.0 Å². The first-order chi connectivity index (χ1) is 7.77. The summed E-state index contributed by atoms with van der Waals surface area (Å²) in [4.78, 5) is 4.31. The van der Waals surface area contributed by atoms with E-state index in [0.29, 0.717) is 0 Å². The predicted molar refractivity (Wildman–Crippen MR) is 66.9 cm³/mol. The molecule has 80 valence electrons. The van der Waals surface area contributed by atoms with E-state index in [-0.39, 0.29) is 6.04 Å². The lowest BCUT2D eigenvalue weighted by atomic mass is 10.1. The number of rotatable bonds is 1. The lowest BCUT2D eigenvalue weighted by molar-refractivity contribution is 0.957. The molecular formula is C14H14N2. The van der Waals surface area contributed by atoms with E-state index < -0.39 is 0 Å². The van der Waals surface area contributed by atoms with Gasteiger partial charge in [-0.15, -0.1) is 0 Å². The molecule has 2 aromatic rings. The second-order valence-electron chi connectivity index (χ2n) is 3.77. The zero-order chi connectivity index (χ0) is 11.4. The minimum Gasteiger partial charge on any atom is -0.318 e. The molecule has 0 saturated carbocycles. The zero-order valence-electron chi connectivity index (χ0n) is 9.27. The summed E-state index contributed by atoms with van der Waals surface area (Å²) in [5.41, 5.74) is 7.81. The highest BCUT2D eigenvalue weighted by Gasteiger charge is 1.98. The summed E-state index contributed by atoms with van der Waals surface area (Å²) in [5.74, 6) is 6.06. The SMILES string of the molecule is CC(N)C#CCc1ccnc2ccccc12. The molecule has 2 rings (SSSR count). The summed E-state index contributed by atoms with van der Waals surface area (Å²) in [6.45, 7) is 1.89. The quantitative estimate of drug-likeness (QED) is 0.732. The first-order valence-electron chi connectivity index (χ1n) is 5.34. The monoisotopic (exact) mass is 210 g/mol. The molecule has 0 aliphatic rings. The fourth-order valence-electron chi connectivity index (χ4n) is 1.62. The molecule has 2 N–H and O–H groups in total. The van der Waals surface area contributed by atoms with Gasteiger partial charge in [-0.05, 0) is 24.6 Å². The highest BCUT2D eigenvalue weighted by Crippen LogP contribution is 2.15. The second kappa shape index (κ2) is 4.78. The zero-order valence-corrected chi connectivity index (χ0v) is 9.27. The third kappa shape index (κ3) is 2.39. The highest BCUT2D eigenvalue weighted by molar-refractivity contribution is 5.82. The minimum atomic E-state index is -0.0619. The molecule has 1 aromatic heterocycles. The standard InChI is InChI=1S/C14H14N2/c1-11(15)5-4-6-12-9-10-16-14-8-3-2-7-13(12)14/h2-3,7-11H,6,15H2,1H3. The van der Waals surface area contributed by atoms with Gasteiger partial charge in [-0.25, -0.2) is 0 Å². The Balaban J connectivity index is 2.35. The Kier molecular flexibility index (Phi) is 3.19. The van der Waals surface area contributed by atoms with Crippen molar-refractivity contribution in [3.63, 3.8) is 0 Å². The third-order valence-corrected chi connectivity index (χ3v) is 2.35. The topological polar surface area (TPSA) is 38.9 Å². The Hall–Kier alpha value is -1.85. The van der Waals surface area contributed by atoms with E-state index >= 15 is 0 Å². The Morgan fingerprint density at radius 2 is 2.12 bits per heavy atom. The predicted octanol–water partition coefficient (Wildman–Crippen LogP) is 2.13. The summed E-state index contributed by atoms with van der Waals surface area (Å²) in [6, 6.07) is 10.0. The molecule has 1 heterocycles. The maximum absolute atomic E-state index is 5.58. The van der Waals surface area contributed by atoms with Gasteiger partial charge in [0.1, 0.15) is 0 Å². The smallest absolute Gasteiger partial charge is 0.0705 e. The summed E-state index contributed by atoms with van der Waals surface area (Å²) < 4.78 is 0. The fourth-order valence-corrected chi connectivity index (χ4v) is 1.62. The maximum Gasteiger partial charge on any atom is 0.0705 e. The average molecular weight is 210 g/mol. The highest BCUT2D eigenvalue weighted by atomic mass is 14.6. The molecule has 0 amide bonds. The van der Waals surface area contributed by atoms with Crippen LogP contribution in [-0.4, -0.2) is 11.0 Å². The van der Waals surface area contributed by atoms with Gasteiger partial charge >= 0.3 is 0 Å². The van der Waals surface area contributed by atoms with Crippen molar-refractivity contribution in [2.45, 2.75) is 19.4 Å². The molecule has 0 saturated heterocycles. The van der Waals surface area contributed by atoms with Crippen molar-refractivity contribution in [1.82, 2.24) is 4.98 Å². The van der Waals surface area contributed by atoms with E-state index in [1.807, 2.05) is 37.4 Å². The number of nitrogens with two attached hydrogens (primary N) is 1. The molecule has 0 fully saturated rings. The number of benzene rings is 1. The minimum absolute atomic E-state index is 0.0619. The molecule has 0 bridgehead atoms. The van der Waals surface area contributed by atoms with Crippen molar-refractivity contribution in [2.24, 2.45) is 5.73 Å². The number of hydrogen-bond acceptors (Lipinski definition) is 2. The van der Waals surface area contributed by atoms with Gasteiger partial charge in [0.25, 0.3) is 0 Å². The van der Waals surface area contributed by atoms with Crippen LogP contribution in [0.3, 0.4) is 0 Å². The third-order valence-electron chi connectivity index (χ3n) is 2.35. The molecule has 16 heavy (non-hydrogen) atoms. The van der Waals surface area contributed by atoms with Crippen molar-refractivity contribution < 1.29 is 0 Å². The second-order valence-corrected chi connectivity index (χ2v) is 3.77. The van der Waals surface area contributed by atoms with E-state index in [1.54, 1.807) is 0 Å². The lowest BCUT2D eigenvalue weighted by Crippen LogP contribution is -2.10. The fraction of sp³-hybridized carbons (Fsp3) is 0.214. The van der Waals surface area contributed by atoms with Gasteiger partial charge in [-0.2, -0.15) is 0 Å². The summed E-state index contributed by atoms with van der Waals surface area (Å²) in [6.07, 6.45) is 2.55. The van der Waals surface area contributed by atoms with Crippen LogP contribution in [0.4, 0.5) is 0 Å². The van der Waals surface area contributed by atoms with Crippen LogP contribution >= 0.6 is 0 Å². The molecule has 0 radical (unpaired) electrons. The van der Waals surface area contributed by atoms with Crippen molar-refractivity contribution in [1.29, 1.82) is 0 Å². The number of pyridine rings is 1. The normalized spacial score (nSPS) is 11.9. The molecule has 1 unspecified atom stereocenters. The van der Waals surface area contributed by atoms with Gasteiger partial charge in [0.05, 0.1) is 11.6 Å². The van der Waals surface area contributed by atoms with Gasteiger partial charge < -0.3 is 5.73 Å². The van der Waals surface area contributed by atoms with Crippen LogP contribution in [0.15, 0.2) is 36.5 Å². The van der Waals surface area contributed by atoms with Crippen LogP contribution < -0.4 is 5.73 Å². The summed E-state index contributed by atoms with van der Waals surface area (Å²) >= 11 is 0. The van der Waals surface area contributed by atoms with Crippen LogP contribution in [0.2, 0.25) is 0 Å². The van der Waals surface area contributed by atoms with Gasteiger partial charge in [-0.3, -0.25) is 4.98 Å². The van der Waals surface area contributed by atoms with Crippen LogP contribution in [0.5, 0.6) is 0 Å². The molecule has 0 spiro atoms. The van der Waals surface area contributed by atoms with Gasteiger partial charge in [0.15, 0.2) is 0 Å². The van der Waals surface area contributed by atoms with Crippen LogP contribution in [-0.2, 0) is 6.42 Å². The van der Waals surface area contributed by atoms with E-state index in [9.17, 15) is 0 Å². The van der Waals surface area contributed by atoms with Crippen LogP contribution in [0, 0.1) is 11.8 Å². The Morgan fingerprint density at radius 1 is 1.31 bits per heavy atom. The summed E-state index contributed by atoms with van der Waals surface area (Å²) in [7, 11) is 0. The molecule has 0 aliphatic heterocycles. The summed E-state index contributed by atoms with van der Waals surface area (Å²) in [5, 5.41) is 1.17. The molecule has 1 atom stereocenters. The number of fused-ring (bicyclic) bond motifs is 1.